The summed E-state index contributed by atoms with van der Waals surface area (Å²) in [6, 6.07) is 7.10. The summed E-state index contributed by atoms with van der Waals surface area (Å²) in [7, 11) is 0. The fraction of sp³-hybridized carbons (Fsp3) is 0.353. The first-order valence-corrected chi connectivity index (χ1v) is 8.16. The molecule has 0 aliphatic carbocycles. The van der Waals surface area contributed by atoms with E-state index in [1.54, 1.807) is 24.5 Å². The number of amides is 1. The molecule has 0 saturated heterocycles. The van der Waals surface area contributed by atoms with Crippen molar-refractivity contribution < 1.29 is 4.79 Å². The van der Waals surface area contributed by atoms with Gasteiger partial charge in [0.2, 0.25) is 5.95 Å². The second kappa shape index (κ2) is 8.48. The largest absolute Gasteiger partial charge is 0.341 e. The molecule has 2 rings (SSSR count). The molecule has 0 saturated carbocycles. The molecule has 122 valence electrons. The number of anilines is 2. The molecule has 2 aromatic rings. The number of hydrogen-bond donors (Lipinski definition) is 1. The van der Waals surface area contributed by atoms with Crippen molar-refractivity contribution in [2.24, 2.45) is 0 Å². The highest BCUT2D eigenvalue weighted by Crippen LogP contribution is 2.21. The summed E-state index contributed by atoms with van der Waals surface area (Å²) in [5.74, 6) is 0.380. The van der Waals surface area contributed by atoms with Gasteiger partial charge >= 0.3 is 0 Å². The highest BCUT2D eigenvalue weighted by atomic mass is 35.5. The van der Waals surface area contributed by atoms with Crippen molar-refractivity contribution >= 4 is 29.1 Å². The van der Waals surface area contributed by atoms with Crippen LogP contribution in [0.2, 0.25) is 5.02 Å². The van der Waals surface area contributed by atoms with Crippen molar-refractivity contribution in [1.82, 2.24) is 9.97 Å². The average Bonchev–Trinajstić information content (AvgIpc) is 2.57. The average molecular weight is 333 g/mol. The van der Waals surface area contributed by atoms with Gasteiger partial charge in [-0.3, -0.25) is 4.79 Å². The van der Waals surface area contributed by atoms with E-state index in [0.717, 1.165) is 25.9 Å². The zero-order chi connectivity index (χ0) is 16.7. The van der Waals surface area contributed by atoms with Crippen LogP contribution in [-0.4, -0.2) is 29.0 Å². The molecule has 1 aromatic heterocycles. The molecule has 0 radical (unpaired) electrons. The van der Waals surface area contributed by atoms with Crippen LogP contribution in [0.1, 0.15) is 37.0 Å². The molecular formula is C17H21ClN4O. The predicted octanol–water partition coefficient (Wildman–Crippen LogP) is 4.01. The Balaban J connectivity index is 2.09. The van der Waals surface area contributed by atoms with Gasteiger partial charge in [0.25, 0.3) is 5.91 Å². The van der Waals surface area contributed by atoms with Gasteiger partial charge in [0.1, 0.15) is 0 Å². The molecule has 0 aliphatic rings. The second-order valence-electron chi connectivity index (χ2n) is 5.19. The van der Waals surface area contributed by atoms with Gasteiger partial charge < -0.3 is 10.2 Å². The monoisotopic (exact) mass is 332 g/mol. The van der Waals surface area contributed by atoms with Crippen LogP contribution in [-0.2, 0) is 0 Å². The molecule has 0 bridgehead atoms. The number of hydrogen-bond acceptors (Lipinski definition) is 4. The Morgan fingerprint density at radius 2 is 1.74 bits per heavy atom. The Bertz CT molecular complexity index is 639. The molecule has 6 heteroatoms. The maximum atomic E-state index is 12.2. The minimum Gasteiger partial charge on any atom is -0.341 e. The third-order valence-electron chi connectivity index (χ3n) is 3.29. The Hall–Kier alpha value is -2.14. The van der Waals surface area contributed by atoms with Gasteiger partial charge in [-0.05, 0) is 25.0 Å². The summed E-state index contributed by atoms with van der Waals surface area (Å²) < 4.78 is 0. The number of benzene rings is 1. The maximum Gasteiger partial charge on any atom is 0.258 e. The summed E-state index contributed by atoms with van der Waals surface area (Å²) in [5.41, 5.74) is 0.975. The summed E-state index contributed by atoms with van der Waals surface area (Å²) in [5, 5.41) is 3.26. The molecule has 0 aliphatic heterocycles. The quantitative estimate of drug-likeness (QED) is 0.832. The van der Waals surface area contributed by atoms with Crippen molar-refractivity contribution in [1.29, 1.82) is 0 Å². The SMILES string of the molecule is CCCN(CCC)c1ncc(C(=O)Nc2ccccc2Cl)cn1. The zero-order valence-electron chi connectivity index (χ0n) is 13.4. The molecular weight excluding hydrogens is 312 g/mol. The van der Waals surface area contributed by atoms with Crippen LogP contribution in [0.3, 0.4) is 0 Å². The van der Waals surface area contributed by atoms with Gasteiger partial charge in [-0.1, -0.05) is 37.6 Å². The second-order valence-corrected chi connectivity index (χ2v) is 5.60. The lowest BCUT2D eigenvalue weighted by Crippen LogP contribution is -2.27. The number of halogens is 1. The van der Waals surface area contributed by atoms with Crippen LogP contribution in [0, 0.1) is 0 Å². The third-order valence-corrected chi connectivity index (χ3v) is 3.62. The van der Waals surface area contributed by atoms with Crippen LogP contribution >= 0.6 is 11.6 Å². The first kappa shape index (κ1) is 17.2. The fourth-order valence-electron chi connectivity index (χ4n) is 2.21. The standard InChI is InChI=1S/C17H21ClN4O/c1-3-9-22(10-4-2)17-19-11-13(12-20-17)16(23)21-15-8-6-5-7-14(15)18/h5-8,11-12H,3-4,9-10H2,1-2H3,(H,21,23). The first-order valence-electron chi connectivity index (χ1n) is 7.78. The van der Waals surface area contributed by atoms with Crippen LogP contribution in [0.25, 0.3) is 0 Å². The van der Waals surface area contributed by atoms with Gasteiger partial charge in [0.15, 0.2) is 0 Å². The molecule has 0 fully saturated rings. The molecule has 1 aromatic carbocycles. The number of nitrogens with zero attached hydrogens (tertiary/aromatic N) is 3. The van der Waals surface area contributed by atoms with E-state index in [0.29, 0.717) is 22.2 Å². The minimum absolute atomic E-state index is 0.276. The smallest absolute Gasteiger partial charge is 0.258 e. The van der Waals surface area contributed by atoms with Crippen molar-refractivity contribution in [2.75, 3.05) is 23.3 Å². The van der Waals surface area contributed by atoms with Gasteiger partial charge in [-0.2, -0.15) is 0 Å². The van der Waals surface area contributed by atoms with Crippen LogP contribution < -0.4 is 10.2 Å². The zero-order valence-corrected chi connectivity index (χ0v) is 14.2. The van der Waals surface area contributed by atoms with Crippen LogP contribution in [0.15, 0.2) is 36.7 Å². The molecule has 5 nitrogen and oxygen atoms in total. The summed E-state index contributed by atoms with van der Waals surface area (Å²) in [6.07, 6.45) is 5.15. The van der Waals surface area contributed by atoms with Crippen molar-refractivity contribution in [2.45, 2.75) is 26.7 Å². The number of nitrogens with one attached hydrogen (secondary N) is 1. The molecule has 1 N–H and O–H groups in total. The predicted molar refractivity (Wildman–Crippen MR) is 94.2 cm³/mol. The molecule has 0 atom stereocenters. The molecule has 1 amide bonds. The van der Waals surface area contributed by atoms with E-state index >= 15 is 0 Å². The topological polar surface area (TPSA) is 58.1 Å². The van der Waals surface area contributed by atoms with Gasteiger partial charge in [-0.25, -0.2) is 9.97 Å². The summed E-state index contributed by atoms with van der Waals surface area (Å²) in [6.45, 7) is 6.04. The highest BCUT2D eigenvalue weighted by Gasteiger charge is 2.12. The lowest BCUT2D eigenvalue weighted by atomic mass is 10.2. The Morgan fingerprint density at radius 1 is 1.13 bits per heavy atom. The molecule has 23 heavy (non-hydrogen) atoms. The van der Waals surface area contributed by atoms with E-state index in [4.69, 9.17) is 11.6 Å². The fourth-order valence-corrected chi connectivity index (χ4v) is 2.39. The molecule has 0 unspecified atom stereocenters. The van der Waals surface area contributed by atoms with E-state index in [-0.39, 0.29) is 5.91 Å². The van der Waals surface area contributed by atoms with Crippen LogP contribution in [0.4, 0.5) is 11.6 Å². The highest BCUT2D eigenvalue weighted by molar-refractivity contribution is 6.33. The first-order chi connectivity index (χ1) is 11.2. The van der Waals surface area contributed by atoms with Crippen LogP contribution in [0.5, 0.6) is 0 Å². The van der Waals surface area contributed by atoms with Crippen molar-refractivity contribution in [3.8, 4) is 0 Å². The summed E-state index contributed by atoms with van der Waals surface area (Å²) in [4.78, 5) is 23.0. The number of para-hydroxylation sites is 1. The van der Waals surface area contributed by atoms with Gasteiger partial charge in [0.05, 0.1) is 16.3 Å². The third kappa shape index (κ3) is 4.66. The van der Waals surface area contributed by atoms with E-state index in [2.05, 4.69) is 34.0 Å². The summed E-state index contributed by atoms with van der Waals surface area (Å²) >= 11 is 6.04. The number of carbonyl (C=O) groups excluding carboxylic acids is 1. The van der Waals surface area contributed by atoms with Crippen molar-refractivity contribution in [3.05, 3.63) is 47.2 Å². The number of aromatic nitrogens is 2. The van der Waals surface area contributed by atoms with Crippen molar-refractivity contribution in [3.63, 3.8) is 0 Å². The van der Waals surface area contributed by atoms with E-state index < -0.39 is 0 Å². The lowest BCUT2D eigenvalue weighted by molar-refractivity contribution is 0.102. The van der Waals surface area contributed by atoms with E-state index in [1.807, 2.05) is 12.1 Å². The van der Waals surface area contributed by atoms with Gasteiger partial charge in [-0.15, -0.1) is 0 Å². The normalized spacial score (nSPS) is 10.4. The maximum absolute atomic E-state index is 12.2. The Morgan fingerprint density at radius 3 is 2.30 bits per heavy atom. The van der Waals surface area contributed by atoms with Gasteiger partial charge in [0, 0.05) is 25.5 Å². The van der Waals surface area contributed by atoms with E-state index in [1.165, 1.54) is 0 Å². The molecule has 1 heterocycles. The Labute approximate surface area is 141 Å². The number of rotatable bonds is 7. The Kier molecular flexibility index (Phi) is 6.35. The van der Waals surface area contributed by atoms with E-state index in [9.17, 15) is 4.79 Å². The number of carbonyl (C=O) groups is 1. The lowest BCUT2D eigenvalue weighted by Gasteiger charge is -2.21. The minimum atomic E-state index is -0.276. The molecule has 0 spiro atoms.